The van der Waals surface area contributed by atoms with Crippen LogP contribution in [0.4, 0.5) is 0 Å². The zero-order valence-electron chi connectivity index (χ0n) is 8.79. The van der Waals surface area contributed by atoms with E-state index in [9.17, 15) is 0 Å². The van der Waals surface area contributed by atoms with E-state index in [0.29, 0.717) is 0 Å². The van der Waals surface area contributed by atoms with Crippen molar-refractivity contribution in [1.29, 1.82) is 5.41 Å². The maximum Gasteiger partial charge on any atom is 0.231 e. The Kier molecular flexibility index (Phi) is 7.39. The molecule has 0 aliphatic carbocycles. The molecule has 76 valence electrons. The minimum Gasteiger partial charge on any atom is -0.222 e. The highest BCUT2D eigenvalue weighted by atomic mass is 16.1. The third-order valence-electron chi connectivity index (χ3n) is 2.12. The SMILES string of the molecule is CCC(C)Cc1ccccc1.N=C=O. The van der Waals surface area contributed by atoms with Crippen LogP contribution in [0.25, 0.3) is 0 Å². The largest absolute Gasteiger partial charge is 0.231 e. The number of benzene rings is 1. The van der Waals surface area contributed by atoms with E-state index in [1.54, 1.807) is 0 Å². The van der Waals surface area contributed by atoms with Gasteiger partial charge in [-0.05, 0) is 17.9 Å². The average Bonchev–Trinajstić information content (AvgIpc) is 2.20. The van der Waals surface area contributed by atoms with Gasteiger partial charge in [0.15, 0.2) is 0 Å². The van der Waals surface area contributed by atoms with E-state index in [2.05, 4.69) is 44.2 Å². The molecule has 14 heavy (non-hydrogen) atoms. The number of carbonyl (C=O) groups excluding carboxylic acids is 1. The third-order valence-corrected chi connectivity index (χ3v) is 2.12. The molecule has 1 rings (SSSR count). The summed E-state index contributed by atoms with van der Waals surface area (Å²) in [5.41, 5.74) is 1.46. The van der Waals surface area contributed by atoms with Gasteiger partial charge in [0.05, 0.1) is 0 Å². The number of nitrogens with one attached hydrogen (secondary N) is 1. The zero-order valence-corrected chi connectivity index (χ0v) is 8.79. The molecule has 1 N–H and O–H groups in total. The Morgan fingerprint density at radius 1 is 1.36 bits per heavy atom. The fraction of sp³-hybridized carbons (Fsp3) is 0.417. The monoisotopic (exact) mass is 191 g/mol. The van der Waals surface area contributed by atoms with E-state index in [4.69, 9.17) is 10.2 Å². The van der Waals surface area contributed by atoms with Gasteiger partial charge in [-0.2, -0.15) is 0 Å². The van der Waals surface area contributed by atoms with Crippen molar-refractivity contribution in [2.24, 2.45) is 5.92 Å². The third kappa shape index (κ3) is 6.15. The second-order valence-electron chi connectivity index (χ2n) is 3.31. The molecule has 1 atom stereocenters. The minimum atomic E-state index is 0.750. The van der Waals surface area contributed by atoms with Gasteiger partial charge in [0.25, 0.3) is 0 Å². The Morgan fingerprint density at radius 2 is 1.86 bits per heavy atom. The van der Waals surface area contributed by atoms with Crippen LogP contribution in [0.2, 0.25) is 0 Å². The predicted octanol–water partition coefficient (Wildman–Crippen LogP) is 3.18. The van der Waals surface area contributed by atoms with Crippen LogP contribution in [0.5, 0.6) is 0 Å². The van der Waals surface area contributed by atoms with Crippen LogP contribution < -0.4 is 0 Å². The lowest BCUT2D eigenvalue weighted by Crippen LogP contribution is -1.96. The fourth-order valence-corrected chi connectivity index (χ4v) is 1.16. The molecule has 0 saturated heterocycles. The first kappa shape index (κ1) is 12.6. The molecule has 1 aromatic rings. The summed E-state index contributed by atoms with van der Waals surface area (Å²) in [5.74, 6) is 0.817. The van der Waals surface area contributed by atoms with E-state index in [-0.39, 0.29) is 0 Å². The van der Waals surface area contributed by atoms with Crippen molar-refractivity contribution in [3.8, 4) is 0 Å². The van der Waals surface area contributed by atoms with Gasteiger partial charge >= 0.3 is 0 Å². The van der Waals surface area contributed by atoms with Crippen molar-refractivity contribution in [3.63, 3.8) is 0 Å². The van der Waals surface area contributed by atoms with Crippen molar-refractivity contribution >= 4 is 6.08 Å². The normalized spacial score (nSPS) is 10.7. The van der Waals surface area contributed by atoms with Gasteiger partial charge in [-0.25, -0.2) is 10.2 Å². The number of hydrogen-bond donors (Lipinski definition) is 1. The molecule has 2 nitrogen and oxygen atoms in total. The molecule has 0 heterocycles. The molecular weight excluding hydrogens is 174 g/mol. The molecule has 0 radical (unpaired) electrons. The molecule has 0 fully saturated rings. The summed E-state index contributed by atoms with van der Waals surface area (Å²) in [5, 5.41) is 5.40. The minimum absolute atomic E-state index is 0.750. The Balaban J connectivity index is 0.000000500. The summed E-state index contributed by atoms with van der Waals surface area (Å²) in [4.78, 5) is 8.35. The van der Waals surface area contributed by atoms with Gasteiger partial charge in [-0.3, -0.25) is 0 Å². The van der Waals surface area contributed by atoms with Crippen LogP contribution in [-0.2, 0) is 11.2 Å². The highest BCUT2D eigenvalue weighted by molar-refractivity contribution is 5.26. The smallest absolute Gasteiger partial charge is 0.222 e. The van der Waals surface area contributed by atoms with Crippen LogP contribution >= 0.6 is 0 Å². The first-order valence-electron chi connectivity index (χ1n) is 4.82. The molecule has 0 aliphatic rings. The quantitative estimate of drug-likeness (QED) is 0.578. The molecule has 0 saturated carbocycles. The van der Waals surface area contributed by atoms with E-state index < -0.39 is 0 Å². The summed E-state index contributed by atoms with van der Waals surface area (Å²) >= 11 is 0. The summed E-state index contributed by atoms with van der Waals surface area (Å²) in [6.07, 6.45) is 3.24. The first-order valence-corrected chi connectivity index (χ1v) is 4.82. The molecule has 0 bridgehead atoms. The highest BCUT2D eigenvalue weighted by Crippen LogP contribution is 2.10. The topological polar surface area (TPSA) is 40.9 Å². The molecular formula is C12H17NO. The molecule has 2 heteroatoms. The Labute approximate surface area is 85.5 Å². The second kappa shape index (κ2) is 8.21. The van der Waals surface area contributed by atoms with E-state index in [0.717, 1.165) is 12.0 Å². The van der Waals surface area contributed by atoms with Crippen LogP contribution in [0.15, 0.2) is 30.3 Å². The number of rotatable bonds is 3. The van der Waals surface area contributed by atoms with Gasteiger partial charge in [0.2, 0.25) is 6.08 Å². The van der Waals surface area contributed by atoms with Crippen molar-refractivity contribution in [1.82, 2.24) is 0 Å². The molecule has 1 aromatic carbocycles. The highest BCUT2D eigenvalue weighted by Gasteiger charge is 1.98. The van der Waals surface area contributed by atoms with Gasteiger partial charge in [-0.1, -0.05) is 50.6 Å². The standard InChI is InChI=1S/C11H16.CHNO/c1-3-10(2)9-11-7-5-4-6-8-11;2-1-3/h4-8,10H,3,9H2,1-2H3;2H. The molecule has 0 spiro atoms. The maximum absolute atomic E-state index is 8.35. The molecule has 0 aromatic heterocycles. The van der Waals surface area contributed by atoms with Crippen molar-refractivity contribution in [2.75, 3.05) is 0 Å². The Morgan fingerprint density at radius 3 is 2.29 bits per heavy atom. The summed E-state index contributed by atoms with van der Waals surface area (Å²) in [7, 11) is 0. The van der Waals surface area contributed by atoms with Crippen LogP contribution in [-0.4, -0.2) is 6.08 Å². The van der Waals surface area contributed by atoms with Crippen molar-refractivity contribution in [2.45, 2.75) is 26.7 Å². The zero-order chi connectivity index (χ0) is 10.8. The Hall–Kier alpha value is -1.40. The van der Waals surface area contributed by atoms with Gasteiger partial charge < -0.3 is 0 Å². The van der Waals surface area contributed by atoms with E-state index >= 15 is 0 Å². The number of hydrogen-bond acceptors (Lipinski definition) is 2. The summed E-state index contributed by atoms with van der Waals surface area (Å²) in [6, 6.07) is 10.7. The van der Waals surface area contributed by atoms with Crippen LogP contribution in [0.1, 0.15) is 25.8 Å². The lowest BCUT2D eigenvalue weighted by molar-refractivity contribution is 0.560. The van der Waals surface area contributed by atoms with Gasteiger partial charge in [-0.15, -0.1) is 0 Å². The van der Waals surface area contributed by atoms with Crippen LogP contribution in [0.3, 0.4) is 0 Å². The predicted molar refractivity (Wildman–Crippen MR) is 58.0 cm³/mol. The molecule has 0 aliphatic heterocycles. The molecule has 0 amide bonds. The second-order valence-corrected chi connectivity index (χ2v) is 3.31. The van der Waals surface area contributed by atoms with E-state index in [1.165, 1.54) is 18.4 Å². The molecule has 1 unspecified atom stereocenters. The van der Waals surface area contributed by atoms with E-state index in [1.807, 2.05) is 0 Å². The number of isocyanates is 1. The lowest BCUT2D eigenvalue weighted by atomic mass is 9.99. The summed E-state index contributed by atoms with van der Waals surface area (Å²) in [6.45, 7) is 4.54. The fourth-order valence-electron chi connectivity index (χ4n) is 1.16. The first-order chi connectivity index (χ1) is 6.74. The Bertz CT molecular complexity index is 263. The van der Waals surface area contributed by atoms with Gasteiger partial charge in [0.1, 0.15) is 0 Å². The van der Waals surface area contributed by atoms with Crippen LogP contribution in [0, 0.1) is 11.3 Å². The summed E-state index contributed by atoms with van der Waals surface area (Å²) < 4.78 is 0. The maximum atomic E-state index is 8.35. The lowest BCUT2D eigenvalue weighted by Gasteiger charge is -2.06. The van der Waals surface area contributed by atoms with Crippen molar-refractivity contribution in [3.05, 3.63) is 35.9 Å². The van der Waals surface area contributed by atoms with Crippen molar-refractivity contribution < 1.29 is 4.79 Å². The average molecular weight is 191 g/mol. The van der Waals surface area contributed by atoms with Gasteiger partial charge in [0, 0.05) is 0 Å².